The van der Waals surface area contributed by atoms with Gasteiger partial charge in [-0.05, 0) is 61.8 Å². The van der Waals surface area contributed by atoms with Crippen LogP contribution in [0.5, 0.6) is 0 Å². The zero-order chi connectivity index (χ0) is 14.1. The number of nitrogens with one attached hydrogen (secondary N) is 1. The molecule has 1 aliphatic heterocycles. The van der Waals surface area contributed by atoms with Crippen LogP contribution in [0.4, 0.5) is 4.39 Å². The molecule has 1 aromatic carbocycles. The molecule has 2 atom stereocenters. The molecule has 1 N–H and O–H groups in total. The second-order valence-electron chi connectivity index (χ2n) is 5.86. The number of carbonyl (C=O) groups is 1. The van der Waals surface area contributed by atoms with E-state index in [1.165, 1.54) is 38.5 Å². The lowest BCUT2D eigenvalue weighted by Gasteiger charge is -2.31. The van der Waals surface area contributed by atoms with Gasteiger partial charge in [-0.25, -0.2) is 9.18 Å². The molecule has 1 aliphatic carbocycles. The van der Waals surface area contributed by atoms with E-state index in [4.69, 9.17) is 0 Å². The van der Waals surface area contributed by atoms with E-state index < -0.39 is 11.8 Å². The topological polar surface area (TPSA) is 38.3 Å². The molecule has 0 bridgehead atoms. The third kappa shape index (κ3) is 2.70. The molecule has 1 heterocycles. The van der Waals surface area contributed by atoms with Crippen molar-refractivity contribution in [3.8, 4) is 0 Å². The smallest absolute Gasteiger partial charge is 0.340 e. The van der Waals surface area contributed by atoms with Gasteiger partial charge in [-0.1, -0.05) is 6.07 Å². The maximum Gasteiger partial charge on any atom is 0.340 e. The molecule has 1 aromatic rings. The summed E-state index contributed by atoms with van der Waals surface area (Å²) in [4.78, 5) is 11.4. The summed E-state index contributed by atoms with van der Waals surface area (Å²) in [6.45, 7) is 0.992. The highest BCUT2D eigenvalue weighted by atomic mass is 19.1. The molecule has 0 unspecified atom stereocenters. The summed E-state index contributed by atoms with van der Waals surface area (Å²) in [5, 5.41) is 3.46. The summed E-state index contributed by atoms with van der Waals surface area (Å²) in [6, 6.07) is 5.04. The fraction of sp³-hybridized carbons (Fsp3) is 0.562. The Morgan fingerprint density at radius 3 is 2.75 bits per heavy atom. The molecule has 0 radical (unpaired) electrons. The van der Waals surface area contributed by atoms with Crippen LogP contribution in [0.25, 0.3) is 0 Å². The molecule has 1 saturated carbocycles. The summed E-state index contributed by atoms with van der Waals surface area (Å²) in [5.41, 5.74) is 0.936. The van der Waals surface area contributed by atoms with Crippen molar-refractivity contribution >= 4 is 5.97 Å². The average Bonchev–Trinajstić information content (AvgIpc) is 3.31. The van der Waals surface area contributed by atoms with Gasteiger partial charge in [-0.2, -0.15) is 0 Å². The van der Waals surface area contributed by atoms with Gasteiger partial charge in [0.15, 0.2) is 0 Å². The molecule has 3 nitrogen and oxygen atoms in total. The summed E-state index contributed by atoms with van der Waals surface area (Å²) < 4.78 is 18.5. The second-order valence-corrected chi connectivity index (χ2v) is 5.86. The highest BCUT2D eigenvalue weighted by Gasteiger charge is 2.35. The fourth-order valence-electron chi connectivity index (χ4n) is 3.22. The van der Waals surface area contributed by atoms with Gasteiger partial charge in [0.2, 0.25) is 0 Å². The van der Waals surface area contributed by atoms with Crippen LogP contribution in [-0.2, 0) is 4.74 Å². The van der Waals surface area contributed by atoms with E-state index in [1.807, 2.05) is 6.07 Å². The minimum absolute atomic E-state index is 0.00537. The first-order valence-corrected chi connectivity index (χ1v) is 7.30. The van der Waals surface area contributed by atoms with E-state index in [1.54, 1.807) is 0 Å². The van der Waals surface area contributed by atoms with Gasteiger partial charge in [0.05, 0.1) is 12.7 Å². The van der Waals surface area contributed by atoms with Crippen molar-refractivity contribution in [2.24, 2.45) is 11.8 Å². The van der Waals surface area contributed by atoms with Crippen LogP contribution in [0.1, 0.15) is 47.6 Å². The van der Waals surface area contributed by atoms with Crippen molar-refractivity contribution in [2.75, 3.05) is 13.7 Å². The summed E-state index contributed by atoms with van der Waals surface area (Å²) in [6.07, 6.45) is 5.01. The van der Waals surface area contributed by atoms with Gasteiger partial charge in [0.25, 0.3) is 0 Å². The van der Waals surface area contributed by atoms with Crippen molar-refractivity contribution in [1.29, 1.82) is 0 Å². The first-order chi connectivity index (χ1) is 9.69. The maximum absolute atomic E-state index is 14.0. The standard InChI is InChI=1S/C16H20FNO2/c1-20-16(19)13-5-4-12(8-14(13)17)15-9-11(6-7-18-15)10-2-3-10/h4-5,8,10-11,15,18H,2-3,6-7,9H2,1H3/t11-,15+/m1/s1. The Kier molecular flexibility index (Phi) is 3.74. The molecule has 0 spiro atoms. The van der Waals surface area contributed by atoms with E-state index in [0.717, 1.165) is 30.4 Å². The SMILES string of the molecule is COC(=O)c1ccc([C@@H]2C[C@H](C3CC3)CCN2)cc1F. The number of halogens is 1. The maximum atomic E-state index is 14.0. The van der Waals surface area contributed by atoms with Gasteiger partial charge in [0.1, 0.15) is 5.82 Å². The van der Waals surface area contributed by atoms with Crippen LogP contribution in [0.2, 0.25) is 0 Å². The summed E-state index contributed by atoms with van der Waals surface area (Å²) >= 11 is 0. The van der Waals surface area contributed by atoms with Crippen molar-refractivity contribution in [2.45, 2.75) is 31.7 Å². The van der Waals surface area contributed by atoms with Crippen molar-refractivity contribution in [3.63, 3.8) is 0 Å². The number of hydrogen-bond donors (Lipinski definition) is 1. The van der Waals surface area contributed by atoms with Crippen molar-refractivity contribution < 1.29 is 13.9 Å². The Labute approximate surface area is 118 Å². The fourth-order valence-corrected chi connectivity index (χ4v) is 3.22. The lowest BCUT2D eigenvalue weighted by atomic mass is 9.85. The normalized spacial score (nSPS) is 26.3. The van der Waals surface area contributed by atoms with Crippen LogP contribution in [0.3, 0.4) is 0 Å². The number of methoxy groups -OCH3 is 1. The van der Waals surface area contributed by atoms with Crippen LogP contribution in [0, 0.1) is 17.7 Å². The molecule has 1 saturated heterocycles. The molecule has 108 valence electrons. The van der Waals surface area contributed by atoms with Crippen molar-refractivity contribution in [3.05, 3.63) is 35.1 Å². The second kappa shape index (κ2) is 5.52. The average molecular weight is 277 g/mol. The molecule has 0 aromatic heterocycles. The quantitative estimate of drug-likeness (QED) is 0.863. The Balaban J connectivity index is 1.76. The van der Waals surface area contributed by atoms with Crippen LogP contribution in [-0.4, -0.2) is 19.6 Å². The lowest BCUT2D eigenvalue weighted by molar-refractivity contribution is 0.0595. The Hall–Kier alpha value is -1.42. The number of benzene rings is 1. The molecule has 2 fully saturated rings. The molecule has 20 heavy (non-hydrogen) atoms. The zero-order valence-electron chi connectivity index (χ0n) is 11.7. The van der Waals surface area contributed by atoms with E-state index in [9.17, 15) is 9.18 Å². The Morgan fingerprint density at radius 2 is 2.10 bits per heavy atom. The van der Waals surface area contributed by atoms with Crippen molar-refractivity contribution in [1.82, 2.24) is 5.32 Å². The monoisotopic (exact) mass is 277 g/mol. The van der Waals surface area contributed by atoms with Gasteiger partial charge >= 0.3 is 5.97 Å². The van der Waals surface area contributed by atoms with Gasteiger partial charge in [-0.15, -0.1) is 0 Å². The highest BCUT2D eigenvalue weighted by molar-refractivity contribution is 5.89. The minimum Gasteiger partial charge on any atom is -0.465 e. The first kappa shape index (κ1) is 13.6. The predicted octanol–water partition coefficient (Wildman–Crippen LogP) is 3.06. The van der Waals surface area contributed by atoms with E-state index in [-0.39, 0.29) is 11.6 Å². The summed E-state index contributed by atoms with van der Waals surface area (Å²) in [5.74, 6) is 0.537. The Morgan fingerprint density at radius 1 is 1.30 bits per heavy atom. The third-order valence-corrected chi connectivity index (χ3v) is 4.53. The minimum atomic E-state index is -0.624. The van der Waals surface area contributed by atoms with E-state index in [2.05, 4.69) is 10.1 Å². The van der Waals surface area contributed by atoms with Gasteiger partial charge in [-0.3, -0.25) is 0 Å². The zero-order valence-corrected chi connectivity index (χ0v) is 11.7. The predicted molar refractivity (Wildman–Crippen MR) is 73.9 cm³/mol. The van der Waals surface area contributed by atoms with Gasteiger partial charge < -0.3 is 10.1 Å². The third-order valence-electron chi connectivity index (χ3n) is 4.53. The number of rotatable bonds is 3. The molecular weight excluding hydrogens is 257 g/mol. The van der Waals surface area contributed by atoms with Crippen LogP contribution >= 0.6 is 0 Å². The molecule has 0 amide bonds. The largest absolute Gasteiger partial charge is 0.465 e. The first-order valence-electron chi connectivity index (χ1n) is 7.30. The lowest BCUT2D eigenvalue weighted by Crippen LogP contribution is -2.32. The summed E-state index contributed by atoms with van der Waals surface area (Å²) in [7, 11) is 1.26. The van der Waals surface area contributed by atoms with Gasteiger partial charge in [0, 0.05) is 6.04 Å². The molecule has 3 rings (SSSR count). The highest BCUT2D eigenvalue weighted by Crippen LogP contribution is 2.44. The number of carbonyl (C=O) groups excluding carboxylic acids is 1. The molecule has 4 heteroatoms. The molecule has 2 aliphatic rings. The van der Waals surface area contributed by atoms with E-state index in [0.29, 0.717) is 0 Å². The molecular formula is C16H20FNO2. The number of ether oxygens (including phenoxy) is 1. The van der Waals surface area contributed by atoms with E-state index >= 15 is 0 Å². The Bertz CT molecular complexity index is 513. The number of esters is 1. The number of hydrogen-bond acceptors (Lipinski definition) is 3. The number of piperidine rings is 1. The van der Waals surface area contributed by atoms with Crippen LogP contribution < -0.4 is 5.32 Å². The van der Waals surface area contributed by atoms with Crippen LogP contribution in [0.15, 0.2) is 18.2 Å².